The van der Waals surface area contributed by atoms with Crippen LogP contribution >= 0.6 is 11.3 Å². The first kappa shape index (κ1) is 15.2. The topological polar surface area (TPSA) is 55.1 Å². The van der Waals surface area contributed by atoms with Gasteiger partial charge in [0.25, 0.3) is 5.91 Å². The number of amides is 1. The van der Waals surface area contributed by atoms with Crippen LogP contribution in [-0.2, 0) is 6.42 Å². The Balaban J connectivity index is 2.29. The standard InChI is InChI=1S/C16H15FN2OS/c1-2-11-7-9-21-15(11)16(20)19-14-6-5-13(17)10-12(14)4-3-8-18/h5-7,9-10H,2,8,18H2,1H3,(H,19,20). The Labute approximate surface area is 127 Å². The number of nitrogens with two attached hydrogens (primary N) is 1. The molecule has 1 heterocycles. The summed E-state index contributed by atoms with van der Waals surface area (Å²) in [5.74, 6) is 4.82. The van der Waals surface area contributed by atoms with Crippen molar-refractivity contribution in [2.75, 3.05) is 11.9 Å². The Kier molecular flexibility index (Phi) is 5.09. The molecule has 1 aromatic heterocycles. The first-order valence-electron chi connectivity index (χ1n) is 6.52. The Morgan fingerprint density at radius 1 is 1.43 bits per heavy atom. The molecule has 0 unspecified atom stereocenters. The number of rotatable bonds is 3. The van der Waals surface area contributed by atoms with E-state index in [1.807, 2.05) is 18.4 Å². The molecule has 0 radical (unpaired) electrons. The van der Waals surface area contributed by atoms with Crippen LogP contribution in [0.3, 0.4) is 0 Å². The third kappa shape index (κ3) is 3.69. The van der Waals surface area contributed by atoms with E-state index < -0.39 is 5.82 Å². The van der Waals surface area contributed by atoms with Crippen LogP contribution in [-0.4, -0.2) is 12.5 Å². The van der Waals surface area contributed by atoms with Crippen LogP contribution in [0.2, 0.25) is 0 Å². The smallest absolute Gasteiger partial charge is 0.266 e. The van der Waals surface area contributed by atoms with Gasteiger partial charge in [0, 0.05) is 0 Å². The molecule has 1 amide bonds. The molecular formula is C16H15FN2OS. The summed E-state index contributed by atoms with van der Waals surface area (Å²) in [6, 6.07) is 6.01. The fraction of sp³-hybridized carbons (Fsp3) is 0.188. The number of hydrogen-bond acceptors (Lipinski definition) is 3. The molecule has 0 bridgehead atoms. The minimum absolute atomic E-state index is 0.175. The van der Waals surface area contributed by atoms with Crippen molar-refractivity contribution in [2.45, 2.75) is 13.3 Å². The lowest BCUT2D eigenvalue weighted by atomic mass is 10.1. The third-order valence-corrected chi connectivity index (χ3v) is 3.84. The average molecular weight is 302 g/mol. The molecule has 0 aliphatic rings. The molecule has 3 nitrogen and oxygen atoms in total. The lowest BCUT2D eigenvalue weighted by Gasteiger charge is -2.08. The molecule has 0 saturated carbocycles. The Morgan fingerprint density at radius 3 is 2.95 bits per heavy atom. The van der Waals surface area contributed by atoms with Crippen molar-refractivity contribution >= 4 is 22.9 Å². The summed E-state index contributed by atoms with van der Waals surface area (Å²) in [6.45, 7) is 2.17. The van der Waals surface area contributed by atoms with Gasteiger partial charge in [0.1, 0.15) is 5.82 Å². The molecule has 3 N–H and O–H groups in total. The van der Waals surface area contributed by atoms with Crippen molar-refractivity contribution in [1.82, 2.24) is 0 Å². The number of benzene rings is 1. The lowest BCUT2D eigenvalue weighted by Crippen LogP contribution is -2.13. The molecule has 21 heavy (non-hydrogen) atoms. The maximum Gasteiger partial charge on any atom is 0.266 e. The van der Waals surface area contributed by atoms with E-state index in [1.54, 1.807) is 0 Å². The fourth-order valence-electron chi connectivity index (χ4n) is 1.87. The SMILES string of the molecule is CCc1ccsc1C(=O)Nc1ccc(F)cc1C#CCN. The minimum Gasteiger partial charge on any atom is -0.320 e. The molecular weight excluding hydrogens is 287 g/mol. The van der Waals surface area contributed by atoms with Crippen molar-refractivity contribution in [2.24, 2.45) is 5.73 Å². The molecule has 0 fully saturated rings. The molecule has 5 heteroatoms. The number of thiophene rings is 1. The highest BCUT2D eigenvalue weighted by molar-refractivity contribution is 7.12. The second-order valence-corrected chi connectivity index (χ2v) is 5.19. The predicted octanol–water partition coefficient (Wildman–Crippen LogP) is 3.01. The van der Waals surface area contributed by atoms with Gasteiger partial charge in [-0.05, 0) is 41.6 Å². The van der Waals surface area contributed by atoms with Crippen molar-refractivity contribution < 1.29 is 9.18 Å². The van der Waals surface area contributed by atoms with Crippen molar-refractivity contribution in [1.29, 1.82) is 0 Å². The van der Waals surface area contributed by atoms with Crippen molar-refractivity contribution in [3.63, 3.8) is 0 Å². The highest BCUT2D eigenvalue weighted by Crippen LogP contribution is 2.21. The Hall–Kier alpha value is -2.16. The van der Waals surface area contributed by atoms with Gasteiger partial charge < -0.3 is 11.1 Å². The first-order chi connectivity index (χ1) is 10.2. The van der Waals surface area contributed by atoms with E-state index in [9.17, 15) is 9.18 Å². The van der Waals surface area contributed by atoms with E-state index in [0.29, 0.717) is 16.1 Å². The van der Waals surface area contributed by atoms with Crippen molar-refractivity contribution in [3.05, 3.63) is 51.5 Å². The number of carbonyl (C=O) groups is 1. The zero-order chi connectivity index (χ0) is 15.2. The van der Waals surface area contributed by atoms with Gasteiger partial charge in [-0.2, -0.15) is 0 Å². The number of anilines is 1. The van der Waals surface area contributed by atoms with Crippen LogP contribution in [0, 0.1) is 17.7 Å². The first-order valence-corrected chi connectivity index (χ1v) is 7.40. The van der Waals surface area contributed by atoms with Gasteiger partial charge in [0.15, 0.2) is 0 Å². The van der Waals surface area contributed by atoms with Gasteiger partial charge in [-0.3, -0.25) is 4.79 Å². The van der Waals surface area contributed by atoms with E-state index in [0.717, 1.165) is 12.0 Å². The summed E-state index contributed by atoms with van der Waals surface area (Å²) in [5.41, 5.74) is 7.23. The zero-order valence-electron chi connectivity index (χ0n) is 11.6. The molecule has 0 spiro atoms. The number of aryl methyl sites for hydroxylation is 1. The lowest BCUT2D eigenvalue weighted by molar-refractivity contribution is 0.102. The van der Waals surface area contributed by atoms with Crippen LogP contribution in [0.5, 0.6) is 0 Å². The highest BCUT2D eigenvalue weighted by Gasteiger charge is 2.13. The number of hydrogen-bond donors (Lipinski definition) is 2. The van der Waals surface area contributed by atoms with Gasteiger partial charge >= 0.3 is 0 Å². The van der Waals surface area contributed by atoms with E-state index in [4.69, 9.17) is 5.73 Å². The summed E-state index contributed by atoms with van der Waals surface area (Å²) in [6.07, 6.45) is 0.787. The summed E-state index contributed by atoms with van der Waals surface area (Å²) >= 11 is 1.39. The normalized spacial score (nSPS) is 9.86. The molecule has 2 rings (SSSR count). The summed E-state index contributed by atoms with van der Waals surface area (Å²) in [5, 5.41) is 4.67. The van der Waals surface area contributed by atoms with Gasteiger partial charge in [-0.1, -0.05) is 18.8 Å². The number of carbonyl (C=O) groups excluding carboxylic acids is 1. The summed E-state index contributed by atoms with van der Waals surface area (Å²) in [7, 11) is 0. The summed E-state index contributed by atoms with van der Waals surface area (Å²) in [4.78, 5) is 13.0. The monoisotopic (exact) mass is 302 g/mol. The Bertz CT molecular complexity index is 713. The van der Waals surface area contributed by atoms with E-state index in [-0.39, 0.29) is 12.5 Å². The minimum atomic E-state index is -0.403. The van der Waals surface area contributed by atoms with Crippen LogP contribution in [0.15, 0.2) is 29.6 Å². The molecule has 0 aliphatic carbocycles. The van der Waals surface area contributed by atoms with E-state index in [2.05, 4.69) is 17.2 Å². The van der Waals surface area contributed by atoms with Gasteiger partial charge in [0.2, 0.25) is 0 Å². The van der Waals surface area contributed by atoms with E-state index >= 15 is 0 Å². The van der Waals surface area contributed by atoms with Crippen LogP contribution in [0.4, 0.5) is 10.1 Å². The molecule has 0 aliphatic heterocycles. The van der Waals surface area contributed by atoms with Crippen LogP contribution < -0.4 is 11.1 Å². The Morgan fingerprint density at radius 2 is 2.24 bits per heavy atom. The van der Waals surface area contributed by atoms with Crippen molar-refractivity contribution in [3.8, 4) is 11.8 Å². The van der Waals surface area contributed by atoms with E-state index in [1.165, 1.54) is 29.5 Å². The van der Waals surface area contributed by atoms with Gasteiger partial charge in [-0.15, -0.1) is 11.3 Å². The third-order valence-electron chi connectivity index (χ3n) is 2.89. The molecule has 2 aromatic rings. The second-order valence-electron chi connectivity index (χ2n) is 4.28. The predicted molar refractivity (Wildman–Crippen MR) is 84.0 cm³/mol. The van der Waals surface area contributed by atoms with Gasteiger partial charge in [0.05, 0.1) is 22.7 Å². The van der Waals surface area contributed by atoms with Crippen LogP contribution in [0.1, 0.15) is 27.7 Å². The highest BCUT2D eigenvalue weighted by atomic mass is 32.1. The maximum absolute atomic E-state index is 13.3. The number of nitrogens with one attached hydrogen (secondary N) is 1. The average Bonchev–Trinajstić information content (AvgIpc) is 2.96. The quantitative estimate of drug-likeness (QED) is 0.856. The van der Waals surface area contributed by atoms with Gasteiger partial charge in [-0.25, -0.2) is 4.39 Å². The second kappa shape index (κ2) is 7.02. The summed E-state index contributed by atoms with van der Waals surface area (Å²) < 4.78 is 13.3. The zero-order valence-corrected chi connectivity index (χ0v) is 12.4. The molecule has 0 saturated heterocycles. The maximum atomic E-state index is 13.3. The fourth-order valence-corrected chi connectivity index (χ4v) is 2.76. The number of halogens is 1. The molecule has 0 atom stereocenters. The molecule has 108 valence electrons. The molecule has 1 aromatic carbocycles. The largest absolute Gasteiger partial charge is 0.320 e. The van der Waals surface area contributed by atoms with Crippen LogP contribution in [0.25, 0.3) is 0 Å².